The summed E-state index contributed by atoms with van der Waals surface area (Å²) in [5.41, 5.74) is -0.0231. The largest absolute Gasteiger partial charge is 0.495 e. The molecule has 2 aliphatic rings. The summed E-state index contributed by atoms with van der Waals surface area (Å²) in [5, 5.41) is 9.55. The minimum atomic E-state index is -0.285. The Morgan fingerprint density at radius 1 is 1.15 bits per heavy atom. The summed E-state index contributed by atoms with van der Waals surface area (Å²) in [4.78, 5) is 0. The van der Waals surface area contributed by atoms with Gasteiger partial charge in [-0.2, -0.15) is 0 Å². The fraction of sp³-hybridized carbons (Fsp3) is 0.818. The normalized spacial score (nSPS) is 32.5. The highest BCUT2D eigenvalue weighted by atomic mass is 16.5. The maximum atomic E-state index is 9.55. The Morgan fingerprint density at radius 3 is 2.46 bits per heavy atom. The van der Waals surface area contributed by atoms with Gasteiger partial charge in [-0.05, 0) is 31.8 Å². The number of ether oxygens (including phenoxy) is 1. The second-order valence-electron chi connectivity index (χ2n) is 4.32. The summed E-state index contributed by atoms with van der Waals surface area (Å²) in [5.74, 6) is 0. The molecule has 1 heterocycles. The lowest BCUT2D eigenvalue weighted by molar-refractivity contribution is -0.0406. The highest BCUT2D eigenvalue weighted by Gasteiger charge is 2.35. The molecule has 0 saturated heterocycles. The third-order valence-corrected chi connectivity index (χ3v) is 3.21. The van der Waals surface area contributed by atoms with Crippen LogP contribution in [0, 0.1) is 0 Å². The van der Waals surface area contributed by atoms with E-state index in [9.17, 15) is 5.11 Å². The van der Waals surface area contributed by atoms with Gasteiger partial charge in [0.15, 0.2) is 0 Å². The highest BCUT2D eigenvalue weighted by molar-refractivity contribution is 4.98. The zero-order valence-electron chi connectivity index (χ0n) is 8.04. The summed E-state index contributed by atoms with van der Waals surface area (Å²) in [6.45, 7) is 0. The molecule has 1 spiro atoms. The van der Waals surface area contributed by atoms with Crippen LogP contribution in [0.25, 0.3) is 0 Å². The van der Waals surface area contributed by atoms with Gasteiger partial charge in [-0.3, -0.25) is 0 Å². The molecular formula is C11H18O2. The van der Waals surface area contributed by atoms with E-state index in [-0.39, 0.29) is 11.7 Å². The molecule has 0 aromatic rings. The van der Waals surface area contributed by atoms with Crippen molar-refractivity contribution in [3.63, 3.8) is 0 Å². The van der Waals surface area contributed by atoms with Crippen LogP contribution in [0.3, 0.4) is 0 Å². The van der Waals surface area contributed by atoms with Crippen LogP contribution >= 0.6 is 0 Å². The Bertz CT molecular complexity index is 190. The molecule has 1 atom stereocenters. The van der Waals surface area contributed by atoms with Crippen LogP contribution in [0.15, 0.2) is 12.3 Å². The fourth-order valence-electron chi connectivity index (χ4n) is 2.47. The summed E-state index contributed by atoms with van der Waals surface area (Å²) < 4.78 is 5.72. The SMILES string of the molecule is OC1C=COC2(CCCCCC2)C1. The zero-order valence-corrected chi connectivity index (χ0v) is 8.04. The minimum Gasteiger partial charge on any atom is -0.495 e. The predicted octanol–water partition coefficient (Wildman–Crippen LogP) is 2.37. The topological polar surface area (TPSA) is 29.5 Å². The van der Waals surface area contributed by atoms with E-state index in [4.69, 9.17) is 4.74 Å². The van der Waals surface area contributed by atoms with Crippen molar-refractivity contribution in [2.45, 2.75) is 56.7 Å². The van der Waals surface area contributed by atoms with E-state index >= 15 is 0 Å². The third kappa shape index (κ3) is 2.05. The van der Waals surface area contributed by atoms with Gasteiger partial charge in [0.1, 0.15) is 5.60 Å². The Morgan fingerprint density at radius 2 is 1.85 bits per heavy atom. The van der Waals surface area contributed by atoms with Gasteiger partial charge in [-0.25, -0.2) is 0 Å². The molecule has 1 unspecified atom stereocenters. The van der Waals surface area contributed by atoms with Crippen molar-refractivity contribution >= 4 is 0 Å². The predicted molar refractivity (Wildman–Crippen MR) is 51.3 cm³/mol. The van der Waals surface area contributed by atoms with Crippen molar-refractivity contribution in [3.05, 3.63) is 12.3 Å². The van der Waals surface area contributed by atoms with Gasteiger partial charge in [0.2, 0.25) is 0 Å². The summed E-state index contributed by atoms with van der Waals surface area (Å²) >= 11 is 0. The van der Waals surface area contributed by atoms with Crippen LogP contribution in [0.5, 0.6) is 0 Å². The number of aliphatic hydroxyl groups is 1. The van der Waals surface area contributed by atoms with E-state index in [1.807, 2.05) is 0 Å². The molecule has 2 rings (SSSR count). The smallest absolute Gasteiger partial charge is 0.111 e. The number of rotatable bonds is 0. The molecule has 2 nitrogen and oxygen atoms in total. The molecular weight excluding hydrogens is 164 g/mol. The Hall–Kier alpha value is -0.500. The first-order chi connectivity index (χ1) is 6.31. The van der Waals surface area contributed by atoms with Crippen molar-refractivity contribution < 1.29 is 9.84 Å². The molecule has 0 aromatic carbocycles. The van der Waals surface area contributed by atoms with E-state index < -0.39 is 0 Å². The van der Waals surface area contributed by atoms with Gasteiger partial charge in [-0.15, -0.1) is 0 Å². The zero-order chi connectivity index (χ0) is 9.15. The molecule has 74 valence electrons. The van der Waals surface area contributed by atoms with Crippen molar-refractivity contribution in [2.75, 3.05) is 0 Å². The Labute approximate surface area is 79.6 Å². The van der Waals surface area contributed by atoms with E-state index in [0.717, 1.165) is 19.3 Å². The fourth-order valence-corrected chi connectivity index (χ4v) is 2.47. The maximum absolute atomic E-state index is 9.55. The molecule has 1 aliphatic heterocycles. The lowest BCUT2D eigenvalue weighted by atomic mass is 9.87. The third-order valence-electron chi connectivity index (χ3n) is 3.21. The summed E-state index contributed by atoms with van der Waals surface area (Å²) in [7, 11) is 0. The molecule has 2 heteroatoms. The van der Waals surface area contributed by atoms with Gasteiger partial charge in [0, 0.05) is 6.42 Å². The van der Waals surface area contributed by atoms with Crippen molar-refractivity contribution in [2.24, 2.45) is 0 Å². The highest BCUT2D eigenvalue weighted by Crippen LogP contribution is 2.36. The lowest BCUT2D eigenvalue weighted by Gasteiger charge is -2.36. The molecule has 1 aliphatic carbocycles. The van der Waals surface area contributed by atoms with Gasteiger partial charge < -0.3 is 9.84 Å². The molecule has 1 fully saturated rings. The number of aliphatic hydroxyl groups excluding tert-OH is 1. The van der Waals surface area contributed by atoms with Crippen LogP contribution in [-0.2, 0) is 4.74 Å². The summed E-state index contributed by atoms with van der Waals surface area (Å²) in [6, 6.07) is 0. The van der Waals surface area contributed by atoms with Crippen molar-refractivity contribution in [3.8, 4) is 0 Å². The van der Waals surface area contributed by atoms with Crippen LogP contribution < -0.4 is 0 Å². The van der Waals surface area contributed by atoms with Crippen molar-refractivity contribution in [1.29, 1.82) is 0 Å². The molecule has 13 heavy (non-hydrogen) atoms. The lowest BCUT2D eigenvalue weighted by Crippen LogP contribution is -2.36. The standard InChI is InChI=1S/C11H18O2/c12-10-5-8-13-11(9-10)6-3-1-2-4-7-11/h5,8,10,12H,1-4,6-7,9H2. The molecule has 0 amide bonds. The van der Waals surface area contributed by atoms with Crippen LogP contribution in [0.4, 0.5) is 0 Å². The summed E-state index contributed by atoms with van der Waals surface area (Å²) in [6.07, 6.45) is 11.3. The number of hydrogen-bond acceptors (Lipinski definition) is 2. The van der Waals surface area contributed by atoms with Crippen molar-refractivity contribution in [1.82, 2.24) is 0 Å². The maximum Gasteiger partial charge on any atom is 0.111 e. The van der Waals surface area contributed by atoms with Gasteiger partial charge in [0.25, 0.3) is 0 Å². The Balaban J connectivity index is 2.04. The minimum absolute atomic E-state index is 0.0231. The van der Waals surface area contributed by atoms with E-state index in [1.54, 1.807) is 12.3 Å². The van der Waals surface area contributed by atoms with Crippen LogP contribution in [0.1, 0.15) is 44.9 Å². The van der Waals surface area contributed by atoms with Crippen LogP contribution in [-0.4, -0.2) is 16.8 Å². The molecule has 0 bridgehead atoms. The molecule has 0 radical (unpaired) electrons. The first kappa shape index (κ1) is 9.07. The quantitative estimate of drug-likeness (QED) is 0.623. The second kappa shape index (κ2) is 3.70. The van der Waals surface area contributed by atoms with Crippen LogP contribution in [0.2, 0.25) is 0 Å². The Kier molecular flexibility index (Phi) is 2.58. The monoisotopic (exact) mass is 182 g/mol. The van der Waals surface area contributed by atoms with Gasteiger partial charge in [0.05, 0.1) is 12.4 Å². The molecule has 1 N–H and O–H groups in total. The second-order valence-corrected chi connectivity index (χ2v) is 4.32. The average Bonchev–Trinajstić information content (AvgIpc) is 2.31. The molecule has 1 saturated carbocycles. The van der Waals surface area contributed by atoms with Gasteiger partial charge in [-0.1, -0.05) is 12.8 Å². The molecule has 0 aromatic heterocycles. The first-order valence-electron chi connectivity index (χ1n) is 5.33. The van der Waals surface area contributed by atoms with E-state index in [0.29, 0.717) is 0 Å². The number of hydrogen-bond donors (Lipinski definition) is 1. The average molecular weight is 182 g/mol. The van der Waals surface area contributed by atoms with E-state index in [1.165, 1.54) is 25.7 Å². The van der Waals surface area contributed by atoms with Gasteiger partial charge >= 0.3 is 0 Å². The van der Waals surface area contributed by atoms with E-state index in [2.05, 4.69) is 0 Å². The first-order valence-corrected chi connectivity index (χ1v) is 5.33.